The third-order valence-electron chi connectivity index (χ3n) is 4.69. The maximum Gasteiger partial charge on any atom is 0.191 e. The van der Waals surface area contributed by atoms with Crippen LogP contribution in [0.5, 0.6) is 0 Å². The zero-order valence-corrected chi connectivity index (χ0v) is 16.5. The molecule has 7 nitrogen and oxygen atoms in total. The lowest BCUT2D eigenvalue weighted by Crippen LogP contribution is -2.11. The maximum absolute atomic E-state index is 11.6. The summed E-state index contributed by atoms with van der Waals surface area (Å²) < 4.78 is 30.6. The summed E-state index contributed by atoms with van der Waals surface area (Å²) in [5, 5.41) is 13.4. The summed E-state index contributed by atoms with van der Waals surface area (Å²) in [6, 6.07) is 11.8. The van der Waals surface area contributed by atoms with Gasteiger partial charge in [0.25, 0.3) is 0 Å². The van der Waals surface area contributed by atoms with E-state index in [4.69, 9.17) is 4.52 Å². The average molecular weight is 405 g/mol. The van der Waals surface area contributed by atoms with Crippen LogP contribution in [0.3, 0.4) is 0 Å². The zero-order valence-electron chi connectivity index (χ0n) is 14.9. The molecule has 0 unspecified atom stereocenters. The third kappa shape index (κ3) is 4.24. The monoisotopic (exact) mass is 404 g/mol. The number of nitrogens with zero attached hydrogens (tertiary/aromatic N) is 4. The second kappa shape index (κ2) is 7.47. The largest absolute Gasteiger partial charge is 0.356 e. The molecule has 27 heavy (non-hydrogen) atoms. The molecule has 1 aliphatic rings. The molecule has 0 bridgehead atoms. The SMILES string of the molecule is Cn1c(C[C@H]2CCS(=O)(=O)C2)nnc1SCc1cc(-c2ccccc2)on1. The summed E-state index contributed by atoms with van der Waals surface area (Å²) in [6.07, 6.45) is 1.35. The average Bonchev–Trinajstić information content (AvgIpc) is 3.35. The first kappa shape index (κ1) is 18.2. The van der Waals surface area contributed by atoms with Crippen LogP contribution in [0.1, 0.15) is 17.9 Å². The van der Waals surface area contributed by atoms with E-state index in [1.54, 1.807) is 0 Å². The lowest BCUT2D eigenvalue weighted by molar-refractivity contribution is 0.426. The minimum Gasteiger partial charge on any atom is -0.356 e. The van der Waals surface area contributed by atoms with Crippen molar-refractivity contribution in [2.75, 3.05) is 11.5 Å². The molecule has 0 saturated carbocycles. The van der Waals surface area contributed by atoms with Crippen LogP contribution in [0.25, 0.3) is 11.3 Å². The summed E-state index contributed by atoms with van der Waals surface area (Å²) in [4.78, 5) is 0. The normalized spacial score (nSPS) is 18.8. The molecule has 2 aromatic heterocycles. The molecule has 1 aliphatic heterocycles. The third-order valence-corrected chi connectivity index (χ3v) is 7.58. The molecule has 1 saturated heterocycles. The fourth-order valence-electron chi connectivity index (χ4n) is 3.20. The van der Waals surface area contributed by atoms with E-state index in [9.17, 15) is 8.42 Å². The van der Waals surface area contributed by atoms with Gasteiger partial charge in [-0.25, -0.2) is 8.42 Å². The summed E-state index contributed by atoms with van der Waals surface area (Å²) in [5.74, 6) is 2.87. The molecule has 0 amide bonds. The topological polar surface area (TPSA) is 90.9 Å². The van der Waals surface area contributed by atoms with E-state index in [1.165, 1.54) is 11.8 Å². The Balaban J connectivity index is 1.38. The van der Waals surface area contributed by atoms with E-state index in [2.05, 4.69) is 15.4 Å². The number of sulfone groups is 1. The van der Waals surface area contributed by atoms with Crippen molar-refractivity contribution in [1.29, 1.82) is 0 Å². The van der Waals surface area contributed by atoms with Crippen LogP contribution in [-0.4, -0.2) is 39.8 Å². The van der Waals surface area contributed by atoms with E-state index >= 15 is 0 Å². The lowest BCUT2D eigenvalue weighted by Gasteiger charge is -2.07. The van der Waals surface area contributed by atoms with Gasteiger partial charge in [0, 0.05) is 30.9 Å². The fraction of sp³-hybridized carbons (Fsp3) is 0.389. The van der Waals surface area contributed by atoms with Gasteiger partial charge in [-0.1, -0.05) is 47.3 Å². The van der Waals surface area contributed by atoms with Crippen molar-refractivity contribution in [3.63, 3.8) is 0 Å². The number of thioether (sulfide) groups is 1. The minimum absolute atomic E-state index is 0.139. The molecule has 0 radical (unpaired) electrons. The van der Waals surface area contributed by atoms with Crippen LogP contribution in [0.2, 0.25) is 0 Å². The minimum atomic E-state index is -2.87. The summed E-state index contributed by atoms with van der Waals surface area (Å²) >= 11 is 1.54. The molecule has 0 N–H and O–H groups in total. The molecule has 0 spiro atoms. The Bertz CT molecular complexity index is 1030. The van der Waals surface area contributed by atoms with E-state index in [0.29, 0.717) is 18.6 Å². The first-order valence-electron chi connectivity index (χ1n) is 8.73. The van der Waals surface area contributed by atoms with Gasteiger partial charge in [-0.3, -0.25) is 0 Å². The number of benzene rings is 1. The van der Waals surface area contributed by atoms with E-state index < -0.39 is 9.84 Å². The summed E-state index contributed by atoms with van der Waals surface area (Å²) in [7, 11) is -0.954. The van der Waals surface area contributed by atoms with E-state index in [-0.39, 0.29) is 17.4 Å². The van der Waals surface area contributed by atoms with Crippen LogP contribution >= 0.6 is 11.8 Å². The highest BCUT2D eigenvalue weighted by Gasteiger charge is 2.29. The van der Waals surface area contributed by atoms with E-state index in [1.807, 2.05) is 48.0 Å². The predicted octanol–water partition coefficient (Wildman–Crippen LogP) is 2.74. The molecule has 4 rings (SSSR count). The van der Waals surface area contributed by atoms with Gasteiger partial charge in [-0.05, 0) is 12.3 Å². The zero-order chi connectivity index (χ0) is 18.9. The second-order valence-corrected chi connectivity index (χ2v) is 9.94. The maximum atomic E-state index is 11.6. The van der Waals surface area contributed by atoms with Crippen molar-refractivity contribution >= 4 is 21.6 Å². The summed E-state index contributed by atoms with van der Waals surface area (Å²) in [6.45, 7) is 0. The van der Waals surface area contributed by atoms with Crippen LogP contribution in [0, 0.1) is 5.92 Å². The van der Waals surface area contributed by atoms with Crippen molar-refractivity contribution in [3.05, 3.63) is 47.9 Å². The Labute approximate surface area is 162 Å². The number of hydrogen-bond acceptors (Lipinski definition) is 7. The van der Waals surface area contributed by atoms with Crippen LogP contribution in [0.15, 0.2) is 46.1 Å². The van der Waals surface area contributed by atoms with Gasteiger partial charge in [0.2, 0.25) is 0 Å². The predicted molar refractivity (Wildman–Crippen MR) is 103 cm³/mol. The van der Waals surface area contributed by atoms with Crippen LogP contribution in [-0.2, 0) is 29.1 Å². The Morgan fingerprint density at radius 3 is 2.81 bits per heavy atom. The van der Waals surface area contributed by atoms with Gasteiger partial charge in [-0.2, -0.15) is 0 Å². The van der Waals surface area contributed by atoms with Gasteiger partial charge >= 0.3 is 0 Å². The molecule has 1 atom stereocenters. The van der Waals surface area contributed by atoms with Gasteiger partial charge in [-0.15, -0.1) is 10.2 Å². The van der Waals surface area contributed by atoms with Gasteiger partial charge in [0.1, 0.15) is 5.82 Å². The quantitative estimate of drug-likeness (QED) is 0.583. The molecular formula is C18H20N4O3S2. The highest BCUT2D eigenvalue weighted by atomic mass is 32.2. The molecule has 3 aromatic rings. The molecule has 3 heterocycles. The first-order valence-corrected chi connectivity index (χ1v) is 11.5. The van der Waals surface area contributed by atoms with Gasteiger partial charge in [0.15, 0.2) is 20.8 Å². The molecular weight excluding hydrogens is 384 g/mol. The van der Waals surface area contributed by atoms with Crippen molar-refractivity contribution in [2.45, 2.75) is 23.8 Å². The van der Waals surface area contributed by atoms with Crippen molar-refractivity contribution in [3.8, 4) is 11.3 Å². The van der Waals surface area contributed by atoms with Crippen molar-refractivity contribution < 1.29 is 12.9 Å². The second-order valence-electron chi connectivity index (χ2n) is 6.77. The molecule has 1 fully saturated rings. The van der Waals surface area contributed by atoms with Gasteiger partial charge in [0.05, 0.1) is 17.2 Å². The van der Waals surface area contributed by atoms with E-state index in [0.717, 1.165) is 28.0 Å². The highest BCUT2D eigenvalue weighted by Crippen LogP contribution is 2.26. The number of rotatable bonds is 6. The smallest absolute Gasteiger partial charge is 0.191 e. The number of hydrogen-bond donors (Lipinski definition) is 0. The molecule has 142 valence electrons. The first-order chi connectivity index (χ1) is 13.0. The Morgan fingerprint density at radius 1 is 1.26 bits per heavy atom. The van der Waals surface area contributed by atoms with Crippen LogP contribution in [0.4, 0.5) is 0 Å². The number of aromatic nitrogens is 4. The summed E-state index contributed by atoms with van der Waals surface area (Å²) in [5.41, 5.74) is 1.83. The highest BCUT2D eigenvalue weighted by molar-refractivity contribution is 7.98. The Kier molecular flexibility index (Phi) is 5.05. The Hall–Kier alpha value is -2.13. The fourth-order valence-corrected chi connectivity index (χ4v) is 5.87. The molecule has 0 aliphatic carbocycles. The Morgan fingerprint density at radius 2 is 2.07 bits per heavy atom. The van der Waals surface area contributed by atoms with Gasteiger partial charge < -0.3 is 9.09 Å². The molecule has 9 heteroatoms. The van der Waals surface area contributed by atoms with Crippen LogP contribution < -0.4 is 0 Å². The standard InChI is InChI=1S/C18H20N4O3S2/c1-22-17(9-13-7-8-27(23,24)12-13)19-20-18(22)26-11-15-10-16(25-21-15)14-5-3-2-4-6-14/h2-6,10,13H,7-9,11-12H2,1H3/t13-/m1/s1. The lowest BCUT2D eigenvalue weighted by atomic mass is 10.1. The van der Waals surface area contributed by atoms with Crippen molar-refractivity contribution in [2.24, 2.45) is 13.0 Å². The molecule has 1 aromatic carbocycles. The van der Waals surface area contributed by atoms with Crippen molar-refractivity contribution in [1.82, 2.24) is 19.9 Å².